The fourth-order valence-electron chi connectivity index (χ4n) is 9.09. The Bertz CT molecular complexity index is 2730. The molecule has 0 spiro atoms. The molecule has 1 aromatic carbocycles. The number of amides is 9. The number of H-pyrrole nitrogens is 2. The number of hydrogen-bond acceptors (Lipinski definition) is 18. The first kappa shape index (κ1) is 67.8. The zero-order chi connectivity index (χ0) is 61.7. The number of aromatic nitrogens is 3. The summed E-state index contributed by atoms with van der Waals surface area (Å²) in [6, 6.07) is -7.99. The van der Waals surface area contributed by atoms with Crippen LogP contribution in [0.3, 0.4) is 0 Å². The summed E-state index contributed by atoms with van der Waals surface area (Å²) in [5, 5.41) is 69.5. The van der Waals surface area contributed by atoms with Gasteiger partial charge in [-0.2, -0.15) is 12.6 Å². The molecule has 31 heteroatoms. The average Bonchev–Trinajstić information content (AvgIpc) is 4.44. The van der Waals surface area contributed by atoms with Crippen molar-refractivity contribution in [1.29, 1.82) is 0 Å². The SMILES string of the molecule is CC(C)C[C@H](NC(=O)[C@H](CCCCN)NC(=O)[C@H](Cc1c[nH]c2ccccc12)NC(=O)[C@H](CS)NC(=O)[C@@H]1CCCN1C(=O)[C@@H](NC(=O)[C@@H](N)CC(=O)O)[C@@H](C)O)C(=O)N[C@@H](Cc1cnc[nH]1)C(=O)N[C@H](C(=O)N[C@@H](CO)C(=O)O)[C@@H](C)O. The van der Waals surface area contributed by atoms with Gasteiger partial charge in [0.1, 0.15) is 54.4 Å². The van der Waals surface area contributed by atoms with E-state index in [1.165, 1.54) is 19.4 Å². The Morgan fingerprint density at radius 3 is 1.88 bits per heavy atom. The van der Waals surface area contributed by atoms with Crippen molar-refractivity contribution in [2.24, 2.45) is 17.4 Å². The monoisotopic (exact) mass is 1190 g/mol. The summed E-state index contributed by atoms with van der Waals surface area (Å²) in [4.78, 5) is 159. The Balaban J connectivity index is 1.60. The molecule has 83 heavy (non-hydrogen) atoms. The van der Waals surface area contributed by atoms with Crippen molar-refractivity contribution in [2.45, 2.75) is 158 Å². The number of thiol groups is 1. The van der Waals surface area contributed by atoms with Crippen molar-refractivity contribution in [3.8, 4) is 0 Å². The molecule has 3 heterocycles. The van der Waals surface area contributed by atoms with Crippen LogP contribution in [-0.4, -0.2) is 209 Å². The lowest BCUT2D eigenvalue weighted by Gasteiger charge is -2.31. The van der Waals surface area contributed by atoms with Crippen LogP contribution in [0.4, 0.5) is 0 Å². The fourth-order valence-corrected chi connectivity index (χ4v) is 9.35. The molecule has 30 nitrogen and oxygen atoms in total. The molecule has 9 amide bonds. The first-order valence-electron chi connectivity index (χ1n) is 27.0. The second-order valence-electron chi connectivity index (χ2n) is 20.7. The summed E-state index contributed by atoms with van der Waals surface area (Å²) in [5.74, 6) is -12.0. The lowest BCUT2D eigenvalue weighted by molar-refractivity contribution is -0.145. The van der Waals surface area contributed by atoms with E-state index in [1.54, 1.807) is 44.3 Å². The number of unbranched alkanes of at least 4 members (excludes halogenated alkanes) is 1. The van der Waals surface area contributed by atoms with Crippen LogP contribution in [0.1, 0.15) is 83.9 Å². The summed E-state index contributed by atoms with van der Waals surface area (Å²) in [7, 11) is 0. The number of carboxylic acid groups (broad SMARTS) is 2. The fraction of sp³-hybridized carbons (Fsp3) is 0.577. The molecule has 2 aromatic heterocycles. The van der Waals surface area contributed by atoms with E-state index in [-0.39, 0.29) is 56.9 Å². The topological polar surface area (TPSA) is 485 Å². The van der Waals surface area contributed by atoms with E-state index >= 15 is 0 Å². The molecule has 19 N–H and O–H groups in total. The smallest absolute Gasteiger partial charge is 0.328 e. The zero-order valence-electron chi connectivity index (χ0n) is 46.5. The van der Waals surface area contributed by atoms with Gasteiger partial charge in [-0.05, 0) is 76.5 Å². The van der Waals surface area contributed by atoms with Gasteiger partial charge in [-0.15, -0.1) is 0 Å². The molecular formula is C52H78N14O16S. The summed E-state index contributed by atoms with van der Waals surface area (Å²) in [6.07, 6.45) is 1.05. The second kappa shape index (κ2) is 32.8. The highest BCUT2D eigenvalue weighted by atomic mass is 32.1. The molecule has 0 aliphatic carbocycles. The van der Waals surface area contributed by atoms with Gasteiger partial charge in [0.25, 0.3) is 0 Å². The van der Waals surface area contributed by atoms with Crippen LogP contribution in [0.2, 0.25) is 0 Å². The van der Waals surface area contributed by atoms with Gasteiger partial charge in [0.15, 0.2) is 0 Å². The highest BCUT2D eigenvalue weighted by Crippen LogP contribution is 2.22. The van der Waals surface area contributed by atoms with Crippen LogP contribution in [-0.2, 0) is 65.6 Å². The summed E-state index contributed by atoms with van der Waals surface area (Å²) in [5.41, 5.74) is 13.1. The number of carbonyl (C=O) groups excluding carboxylic acids is 9. The number of carboxylic acids is 2. The van der Waals surface area contributed by atoms with E-state index in [2.05, 4.69) is 64.8 Å². The van der Waals surface area contributed by atoms with Gasteiger partial charge >= 0.3 is 11.9 Å². The number of aliphatic hydroxyl groups is 3. The number of carbonyl (C=O) groups is 11. The molecule has 1 aliphatic heterocycles. The van der Waals surface area contributed by atoms with Crippen LogP contribution in [0.25, 0.3) is 10.9 Å². The lowest BCUT2D eigenvalue weighted by atomic mass is 10.00. The molecule has 1 saturated heterocycles. The third-order valence-electron chi connectivity index (χ3n) is 13.6. The minimum Gasteiger partial charge on any atom is -0.481 e. The van der Waals surface area contributed by atoms with Crippen molar-refractivity contribution < 1.29 is 78.3 Å². The minimum absolute atomic E-state index is 0.00718. The summed E-state index contributed by atoms with van der Waals surface area (Å²) < 4.78 is 0. The molecule has 12 atom stereocenters. The predicted octanol–water partition coefficient (Wildman–Crippen LogP) is -4.71. The van der Waals surface area contributed by atoms with Crippen LogP contribution < -0.4 is 54.0 Å². The van der Waals surface area contributed by atoms with Gasteiger partial charge in [-0.25, -0.2) is 9.78 Å². The third kappa shape index (κ3) is 20.3. The average molecular weight is 1190 g/mol. The molecule has 1 aliphatic rings. The van der Waals surface area contributed by atoms with Crippen LogP contribution in [0.5, 0.6) is 0 Å². The van der Waals surface area contributed by atoms with Crippen LogP contribution in [0.15, 0.2) is 43.0 Å². The molecule has 1 fully saturated rings. The first-order valence-corrected chi connectivity index (χ1v) is 27.7. The van der Waals surface area contributed by atoms with Crippen molar-refractivity contribution in [1.82, 2.24) is 62.4 Å². The number of aliphatic hydroxyl groups excluding tert-OH is 3. The third-order valence-corrected chi connectivity index (χ3v) is 13.9. The predicted molar refractivity (Wildman–Crippen MR) is 299 cm³/mol. The van der Waals surface area contributed by atoms with Crippen molar-refractivity contribution in [3.63, 3.8) is 0 Å². The number of imidazole rings is 1. The minimum atomic E-state index is -1.78. The maximum atomic E-state index is 14.7. The molecule has 0 bridgehead atoms. The number of benzene rings is 1. The van der Waals surface area contributed by atoms with E-state index in [0.29, 0.717) is 41.4 Å². The Morgan fingerprint density at radius 2 is 1.29 bits per heavy atom. The molecule has 0 unspecified atom stereocenters. The molecule has 458 valence electrons. The number of nitrogens with zero attached hydrogens (tertiary/aromatic N) is 2. The largest absolute Gasteiger partial charge is 0.481 e. The van der Waals surface area contributed by atoms with E-state index < -0.39 is 151 Å². The van der Waals surface area contributed by atoms with Crippen LogP contribution in [0, 0.1) is 5.92 Å². The second-order valence-corrected chi connectivity index (χ2v) is 21.0. The van der Waals surface area contributed by atoms with E-state index in [9.17, 15) is 73.2 Å². The molecular weight excluding hydrogens is 1110 g/mol. The number of aliphatic carboxylic acids is 2. The van der Waals surface area contributed by atoms with Gasteiger partial charge in [0.2, 0.25) is 53.2 Å². The maximum absolute atomic E-state index is 14.7. The highest BCUT2D eigenvalue weighted by Gasteiger charge is 2.42. The zero-order valence-corrected chi connectivity index (χ0v) is 47.4. The van der Waals surface area contributed by atoms with Crippen molar-refractivity contribution in [2.75, 3.05) is 25.4 Å². The molecule has 0 saturated carbocycles. The standard InChI is InChI=1S/C52H78N14O16S/c1-25(2)16-34(45(74)61-36(18-29-21-55-24-57-29)47(76)64-41(26(3)68)50(79)62-37(22-67)52(81)82)59-44(73)33(12-7-8-14-53)58-46(75)35(17-28-20-56-32-11-6-5-10-30(28)32)60-48(77)38(23-83)63-49(78)39-13-9-15-66(39)51(80)42(27(4)69)65-43(72)31(54)19-40(70)71/h5-6,10-11,20-21,24-27,31,33-39,41-42,56,67-69,83H,7-9,12-19,22-23,53-54H2,1-4H3,(H,55,57)(H,58,75)(H,59,73)(H,60,77)(H,61,74)(H,62,79)(H,63,78)(H,64,76)(H,65,72)(H,70,71)(H,81,82)/t26-,27-,31+,33+,34+,35+,36+,37+,38+,39+,41+,42+/m1/s1. The van der Waals surface area contributed by atoms with Crippen molar-refractivity contribution >= 4 is 88.6 Å². The van der Waals surface area contributed by atoms with Crippen molar-refractivity contribution in [3.05, 3.63) is 54.2 Å². The first-order chi connectivity index (χ1) is 39.3. The maximum Gasteiger partial charge on any atom is 0.328 e. The summed E-state index contributed by atoms with van der Waals surface area (Å²) >= 11 is 4.32. The number of nitrogens with two attached hydrogens (primary N) is 2. The summed E-state index contributed by atoms with van der Waals surface area (Å²) in [6.45, 7) is 5.07. The number of fused-ring (bicyclic) bond motifs is 1. The van der Waals surface area contributed by atoms with Gasteiger partial charge in [0, 0.05) is 54.1 Å². The number of para-hydroxylation sites is 1. The van der Waals surface area contributed by atoms with Crippen LogP contribution >= 0.6 is 12.6 Å². The Labute approximate surface area is 483 Å². The lowest BCUT2D eigenvalue weighted by Crippen LogP contribution is -2.62. The Hall–Kier alpha value is -7.71. The molecule has 0 radical (unpaired) electrons. The molecule has 3 aromatic rings. The number of aromatic amines is 2. The Morgan fingerprint density at radius 1 is 0.711 bits per heavy atom. The number of rotatable bonds is 34. The van der Waals surface area contributed by atoms with E-state index in [0.717, 1.165) is 11.8 Å². The molecule has 4 rings (SSSR count). The number of nitrogens with one attached hydrogen (secondary N) is 10. The van der Waals surface area contributed by atoms with Gasteiger partial charge in [-0.1, -0.05) is 32.0 Å². The quantitative estimate of drug-likeness (QED) is 0.0197. The highest BCUT2D eigenvalue weighted by molar-refractivity contribution is 7.80. The normalized spacial score (nSPS) is 17.2. The Kier molecular flexibility index (Phi) is 26.8. The number of hydrogen-bond donors (Lipinski definition) is 18. The van der Waals surface area contributed by atoms with Gasteiger partial charge < -0.3 is 94.4 Å². The van der Waals surface area contributed by atoms with E-state index in [1.807, 2.05) is 5.32 Å². The van der Waals surface area contributed by atoms with Gasteiger partial charge in [0.05, 0.1) is 37.6 Å². The number of likely N-dealkylation sites (tertiary alicyclic amines) is 1. The van der Waals surface area contributed by atoms with E-state index in [4.69, 9.17) is 16.6 Å². The van der Waals surface area contributed by atoms with Gasteiger partial charge in [-0.3, -0.25) is 47.9 Å².